The molecule has 0 spiro atoms. The van der Waals surface area contributed by atoms with Crippen LogP contribution in [0.1, 0.15) is 30.4 Å². The Hall–Kier alpha value is -4.18. The summed E-state index contributed by atoms with van der Waals surface area (Å²) in [6.45, 7) is 2.73. The van der Waals surface area contributed by atoms with Gasteiger partial charge in [0, 0.05) is 42.7 Å². The Balaban J connectivity index is 1.10. The van der Waals surface area contributed by atoms with Crippen LogP contribution in [0.3, 0.4) is 0 Å². The summed E-state index contributed by atoms with van der Waals surface area (Å²) in [7, 11) is 0. The minimum absolute atomic E-state index is 0.279. The summed E-state index contributed by atoms with van der Waals surface area (Å²) in [6.07, 6.45) is -3.64. The Morgan fingerprint density at radius 3 is 2.23 bits per heavy atom. The van der Waals surface area contributed by atoms with E-state index in [0.29, 0.717) is 12.8 Å². The normalized spacial score (nSPS) is 16.1. The smallest absolute Gasteiger partial charge is 0.408 e. The molecule has 1 fully saturated rings. The zero-order valence-electron chi connectivity index (χ0n) is 23.5. The van der Waals surface area contributed by atoms with Gasteiger partial charge in [0.05, 0.1) is 5.52 Å². The number of anilines is 1. The summed E-state index contributed by atoms with van der Waals surface area (Å²) in [5, 5.41) is 2.66. The van der Waals surface area contributed by atoms with E-state index in [2.05, 4.69) is 9.80 Å². The lowest BCUT2D eigenvalue weighted by Gasteiger charge is -2.36. The quantitative estimate of drug-likeness (QED) is 0.179. The number of rotatable bonds is 8. The van der Waals surface area contributed by atoms with E-state index in [1.165, 1.54) is 12.1 Å². The Labute approximate surface area is 247 Å². The number of piperazine rings is 1. The van der Waals surface area contributed by atoms with Crippen LogP contribution in [0.25, 0.3) is 22.0 Å². The molecule has 6 rings (SSSR count). The van der Waals surface area contributed by atoms with Crippen LogP contribution in [0.15, 0.2) is 78.9 Å². The number of alkyl carbamates (subject to hydrolysis) is 1. The summed E-state index contributed by atoms with van der Waals surface area (Å²) < 4.78 is 58.0. The number of nitrogens with one attached hydrogen (secondary N) is 1. The Kier molecular flexibility index (Phi) is 7.96. The van der Waals surface area contributed by atoms with Crippen LogP contribution in [0.5, 0.6) is 0 Å². The fraction of sp³-hybridized carbons (Fsp3) is 0.333. The largest absolute Gasteiger partial charge is 0.433 e. The van der Waals surface area contributed by atoms with Gasteiger partial charge in [-0.15, -0.1) is 0 Å². The summed E-state index contributed by atoms with van der Waals surface area (Å²) >= 11 is 0. The third-order valence-electron chi connectivity index (χ3n) is 8.30. The number of pyridine rings is 1. The zero-order chi connectivity index (χ0) is 30.0. The van der Waals surface area contributed by atoms with Crippen molar-refractivity contribution in [2.24, 2.45) is 0 Å². The van der Waals surface area contributed by atoms with Gasteiger partial charge in [0.1, 0.15) is 18.2 Å². The van der Waals surface area contributed by atoms with E-state index in [4.69, 9.17) is 9.72 Å². The van der Waals surface area contributed by atoms with E-state index in [1.807, 2.05) is 66.0 Å². The highest BCUT2D eigenvalue weighted by Gasteiger charge is 2.46. The third kappa shape index (κ3) is 6.15. The van der Waals surface area contributed by atoms with Crippen molar-refractivity contribution in [3.8, 4) is 11.1 Å². The lowest BCUT2D eigenvalue weighted by atomic mass is 9.86. The maximum absolute atomic E-state index is 13.5. The fourth-order valence-corrected chi connectivity index (χ4v) is 6.25. The molecule has 1 saturated heterocycles. The SMILES string of the molecule is O=C(NCC(F)(F)F)OC1(CCCCN2CCN(c3ccc4cc(F)ccc4n3)CC2)c2ccccc2-c2ccccc21. The number of fused-ring (bicyclic) bond motifs is 4. The first-order valence-corrected chi connectivity index (χ1v) is 14.5. The molecule has 1 aliphatic heterocycles. The van der Waals surface area contributed by atoms with Crippen molar-refractivity contribution >= 4 is 22.8 Å². The van der Waals surface area contributed by atoms with Gasteiger partial charge in [0.15, 0.2) is 5.60 Å². The van der Waals surface area contributed by atoms with Gasteiger partial charge in [-0.05, 0) is 67.3 Å². The summed E-state index contributed by atoms with van der Waals surface area (Å²) in [4.78, 5) is 22.0. The minimum Gasteiger partial charge on any atom is -0.433 e. The van der Waals surface area contributed by atoms with Crippen molar-refractivity contribution in [2.45, 2.75) is 31.0 Å². The number of ether oxygens (including phenoxy) is 1. The van der Waals surface area contributed by atoms with Crippen molar-refractivity contribution < 1.29 is 27.1 Å². The Bertz CT molecular complexity index is 1570. The molecule has 4 aromatic rings. The molecule has 1 aromatic heterocycles. The second kappa shape index (κ2) is 11.8. The molecule has 0 unspecified atom stereocenters. The van der Waals surface area contributed by atoms with Crippen LogP contribution in [0, 0.1) is 5.82 Å². The molecular weight excluding hydrogens is 560 g/mol. The summed E-state index contributed by atoms with van der Waals surface area (Å²) in [5.41, 5.74) is 3.01. The second-order valence-electron chi connectivity index (χ2n) is 11.1. The van der Waals surface area contributed by atoms with Crippen molar-refractivity contribution in [1.29, 1.82) is 0 Å². The maximum Gasteiger partial charge on any atom is 0.408 e. The first-order chi connectivity index (χ1) is 20.7. The Morgan fingerprint density at radius 1 is 0.884 bits per heavy atom. The molecule has 43 heavy (non-hydrogen) atoms. The molecule has 0 atom stereocenters. The molecule has 0 radical (unpaired) electrons. The van der Waals surface area contributed by atoms with E-state index < -0.39 is 24.4 Å². The minimum atomic E-state index is -4.54. The van der Waals surface area contributed by atoms with Gasteiger partial charge in [0.2, 0.25) is 0 Å². The average Bonchev–Trinajstić information content (AvgIpc) is 3.27. The van der Waals surface area contributed by atoms with Crippen molar-refractivity contribution in [3.63, 3.8) is 0 Å². The molecule has 1 amide bonds. The summed E-state index contributed by atoms with van der Waals surface area (Å²) in [6, 6.07) is 23.6. The molecule has 0 saturated carbocycles. The monoisotopic (exact) mass is 592 g/mol. The van der Waals surface area contributed by atoms with Gasteiger partial charge in [-0.3, -0.25) is 4.90 Å². The molecule has 224 valence electrons. The second-order valence-corrected chi connectivity index (χ2v) is 11.1. The number of carbonyl (C=O) groups is 1. The molecule has 1 aliphatic carbocycles. The highest BCUT2D eigenvalue weighted by atomic mass is 19.4. The number of amides is 1. The van der Waals surface area contributed by atoms with Crippen molar-refractivity contribution in [3.05, 3.63) is 95.8 Å². The average molecular weight is 593 g/mol. The van der Waals surface area contributed by atoms with Crippen LogP contribution in [0.2, 0.25) is 0 Å². The molecule has 3 aromatic carbocycles. The number of hydrogen-bond acceptors (Lipinski definition) is 5. The topological polar surface area (TPSA) is 57.7 Å². The highest BCUT2D eigenvalue weighted by molar-refractivity contribution is 5.82. The van der Waals surface area contributed by atoms with E-state index >= 15 is 0 Å². The number of halogens is 4. The molecule has 10 heteroatoms. The van der Waals surface area contributed by atoms with Crippen LogP contribution < -0.4 is 10.2 Å². The molecule has 2 heterocycles. The van der Waals surface area contributed by atoms with Gasteiger partial charge >= 0.3 is 12.3 Å². The first kappa shape index (κ1) is 28.9. The number of hydrogen-bond donors (Lipinski definition) is 1. The van der Waals surface area contributed by atoms with Crippen LogP contribution in [-0.2, 0) is 10.3 Å². The lowest BCUT2D eigenvalue weighted by molar-refractivity contribution is -0.124. The van der Waals surface area contributed by atoms with Crippen molar-refractivity contribution in [1.82, 2.24) is 15.2 Å². The first-order valence-electron chi connectivity index (χ1n) is 14.5. The van der Waals surface area contributed by atoms with Gasteiger partial charge in [-0.2, -0.15) is 13.2 Å². The van der Waals surface area contributed by atoms with Gasteiger partial charge in [-0.25, -0.2) is 14.2 Å². The molecule has 0 bridgehead atoms. The zero-order valence-corrected chi connectivity index (χ0v) is 23.5. The maximum atomic E-state index is 13.5. The third-order valence-corrected chi connectivity index (χ3v) is 8.30. The number of nitrogens with zero attached hydrogens (tertiary/aromatic N) is 3. The van der Waals surface area contributed by atoms with E-state index in [-0.39, 0.29) is 5.82 Å². The molecule has 2 aliphatic rings. The van der Waals surface area contributed by atoms with E-state index in [0.717, 1.165) is 78.1 Å². The van der Waals surface area contributed by atoms with Crippen molar-refractivity contribution in [2.75, 3.05) is 44.2 Å². The van der Waals surface area contributed by atoms with Gasteiger partial charge in [0.25, 0.3) is 0 Å². The standard InChI is InChI=1S/C33H32F4N4O2/c34-24-12-13-29-23(21-24)11-14-30(39-29)41-19-17-40(18-20-41)16-6-5-15-32(43-31(42)38-22-33(35,36)37)27-9-3-1-7-25(27)26-8-2-4-10-28(26)32/h1-4,7-14,21H,5-6,15-20,22H2,(H,38,42). The van der Waals surface area contributed by atoms with Crippen LogP contribution >= 0.6 is 0 Å². The predicted molar refractivity (Wildman–Crippen MR) is 157 cm³/mol. The lowest BCUT2D eigenvalue weighted by Crippen LogP contribution is -2.47. The number of carbonyl (C=O) groups excluding carboxylic acids is 1. The molecule has 1 N–H and O–H groups in total. The number of unbranched alkanes of at least 4 members (excludes halogenated alkanes) is 1. The number of benzene rings is 3. The van der Waals surface area contributed by atoms with Gasteiger partial charge in [-0.1, -0.05) is 48.5 Å². The summed E-state index contributed by atoms with van der Waals surface area (Å²) in [5.74, 6) is 0.597. The van der Waals surface area contributed by atoms with Crippen LogP contribution in [-0.4, -0.2) is 61.4 Å². The molecular formula is C33H32F4N4O2. The molecule has 6 nitrogen and oxygen atoms in total. The fourth-order valence-electron chi connectivity index (χ4n) is 6.25. The predicted octanol–water partition coefficient (Wildman–Crippen LogP) is 6.88. The Morgan fingerprint density at radius 2 is 1.56 bits per heavy atom. The number of alkyl halides is 3. The van der Waals surface area contributed by atoms with E-state index in [1.54, 1.807) is 6.07 Å². The van der Waals surface area contributed by atoms with Gasteiger partial charge < -0.3 is 15.0 Å². The van der Waals surface area contributed by atoms with E-state index in [9.17, 15) is 22.4 Å². The van der Waals surface area contributed by atoms with Crippen LogP contribution in [0.4, 0.5) is 28.2 Å². The highest BCUT2D eigenvalue weighted by Crippen LogP contribution is 2.52. The number of aromatic nitrogens is 1.